The van der Waals surface area contributed by atoms with E-state index < -0.39 is 8.38 Å². The van der Waals surface area contributed by atoms with Gasteiger partial charge in [-0.15, -0.1) is 6.58 Å². The molecule has 0 aromatic heterocycles. The standard InChI is InChI=1S/C13H19NO3P.U/c1-5-13-8-10(2)11(9-15-13)12(13)17-18(4)16-7-6-14-3;/h9,11-12H,2,5-8H2,1,4H3;/q-1;. The molecule has 6 heteroatoms. The first-order valence-electron chi connectivity index (χ1n) is 6.18. The predicted molar refractivity (Wildman–Crippen MR) is 70.8 cm³/mol. The first-order valence-corrected chi connectivity index (χ1v) is 7.81. The van der Waals surface area contributed by atoms with Crippen LogP contribution < -0.4 is 0 Å². The molecule has 0 spiro atoms. The van der Waals surface area contributed by atoms with Gasteiger partial charge in [-0.1, -0.05) is 18.4 Å². The Morgan fingerprint density at radius 1 is 1.68 bits per heavy atom. The summed E-state index contributed by atoms with van der Waals surface area (Å²) in [6, 6.07) is 0. The zero-order valence-electron chi connectivity index (χ0n) is 11.4. The average molecular weight is 506 g/mol. The summed E-state index contributed by atoms with van der Waals surface area (Å²) in [6.07, 6.45) is 1.81. The topological polar surface area (TPSA) is 32.0 Å². The van der Waals surface area contributed by atoms with Gasteiger partial charge in [0.25, 0.3) is 0 Å². The van der Waals surface area contributed by atoms with Crippen LogP contribution in [0.3, 0.4) is 0 Å². The van der Waals surface area contributed by atoms with Gasteiger partial charge in [-0.2, -0.15) is 0 Å². The van der Waals surface area contributed by atoms with Crippen LogP contribution in [0, 0.1) is 50.2 Å². The molecule has 1 aliphatic carbocycles. The normalized spacial score (nSPS) is 33.8. The number of hydrogen-bond donors (Lipinski definition) is 0. The summed E-state index contributed by atoms with van der Waals surface area (Å²) in [7, 11) is -0.957. The summed E-state index contributed by atoms with van der Waals surface area (Å²) in [5.41, 5.74) is 0.958. The molecule has 4 nitrogen and oxygen atoms in total. The van der Waals surface area contributed by atoms with Crippen LogP contribution in [-0.4, -0.2) is 31.5 Å². The van der Waals surface area contributed by atoms with Crippen molar-refractivity contribution >= 4 is 8.38 Å². The SMILES string of the molecule is [C-]#[N+]CCOP(C)OC1C2[CH-]OC1(CC)CC2=C.[U]. The van der Waals surface area contributed by atoms with Crippen LogP contribution in [0.25, 0.3) is 4.85 Å². The predicted octanol–water partition coefficient (Wildman–Crippen LogP) is 3.17. The van der Waals surface area contributed by atoms with Crippen molar-refractivity contribution in [1.29, 1.82) is 0 Å². The molecule has 4 unspecified atom stereocenters. The minimum Gasteiger partial charge on any atom is -0.545 e. The van der Waals surface area contributed by atoms with E-state index in [1.54, 1.807) is 0 Å². The fourth-order valence-electron chi connectivity index (χ4n) is 2.61. The first kappa shape index (κ1) is 17.6. The van der Waals surface area contributed by atoms with Crippen LogP contribution in [0.15, 0.2) is 12.2 Å². The van der Waals surface area contributed by atoms with Crippen molar-refractivity contribution in [2.24, 2.45) is 5.92 Å². The third-order valence-corrected chi connectivity index (χ3v) is 4.70. The Kier molecular flexibility index (Phi) is 7.02. The van der Waals surface area contributed by atoms with Crippen molar-refractivity contribution in [3.8, 4) is 0 Å². The Morgan fingerprint density at radius 2 is 2.42 bits per heavy atom. The Balaban J connectivity index is 0.00000180. The molecule has 1 heterocycles. The van der Waals surface area contributed by atoms with Gasteiger partial charge in [-0.05, 0) is 12.8 Å². The Morgan fingerprint density at radius 3 is 3.00 bits per heavy atom. The van der Waals surface area contributed by atoms with Gasteiger partial charge in [-0.25, -0.2) is 13.2 Å². The van der Waals surface area contributed by atoms with E-state index in [0.29, 0.717) is 13.2 Å². The molecule has 2 aliphatic rings. The van der Waals surface area contributed by atoms with E-state index >= 15 is 0 Å². The zero-order valence-corrected chi connectivity index (χ0v) is 16.4. The minimum absolute atomic E-state index is 0. The van der Waals surface area contributed by atoms with Crippen molar-refractivity contribution in [2.75, 3.05) is 19.8 Å². The summed E-state index contributed by atoms with van der Waals surface area (Å²) in [5.74, 6) is 0.194. The van der Waals surface area contributed by atoms with Crippen LogP contribution >= 0.6 is 8.38 Å². The van der Waals surface area contributed by atoms with Gasteiger partial charge >= 0.3 is 0 Å². The van der Waals surface area contributed by atoms with Crippen molar-refractivity contribution in [3.05, 3.63) is 30.2 Å². The maximum atomic E-state index is 6.71. The molecule has 1 saturated carbocycles. The molecule has 104 valence electrons. The molecule has 0 aromatic rings. The Hall–Kier alpha value is 0.592. The molecule has 1 saturated heterocycles. The molecule has 0 radical (unpaired) electrons. The average Bonchev–Trinajstić information content (AvgIpc) is 2.81. The van der Waals surface area contributed by atoms with E-state index in [9.17, 15) is 0 Å². The third kappa shape index (κ3) is 3.62. The number of ether oxygens (including phenoxy) is 1. The smallest absolute Gasteiger partial charge is 0.238 e. The third-order valence-electron chi connectivity index (χ3n) is 3.63. The molecule has 0 aromatic carbocycles. The van der Waals surface area contributed by atoms with Crippen LogP contribution in [0.2, 0.25) is 0 Å². The summed E-state index contributed by atoms with van der Waals surface area (Å²) in [4.78, 5) is 3.26. The van der Waals surface area contributed by atoms with E-state index in [2.05, 4.69) is 18.3 Å². The van der Waals surface area contributed by atoms with E-state index in [-0.39, 0.29) is 48.7 Å². The molecule has 2 fully saturated rings. The fraction of sp³-hybridized carbons (Fsp3) is 0.692. The van der Waals surface area contributed by atoms with Gasteiger partial charge in [0.2, 0.25) is 6.54 Å². The molecule has 2 rings (SSSR count). The van der Waals surface area contributed by atoms with Crippen molar-refractivity contribution in [2.45, 2.75) is 31.5 Å². The fourth-order valence-corrected chi connectivity index (χ4v) is 3.65. The van der Waals surface area contributed by atoms with Gasteiger partial charge in [-0.3, -0.25) is 0 Å². The minimum atomic E-state index is -0.957. The van der Waals surface area contributed by atoms with Gasteiger partial charge in [0.1, 0.15) is 6.61 Å². The first-order chi connectivity index (χ1) is 8.63. The Bertz CT molecular complexity index is 373. The molecule has 4 atom stereocenters. The maximum Gasteiger partial charge on any atom is 0.238 e. The summed E-state index contributed by atoms with van der Waals surface area (Å²) < 4.78 is 17.3. The van der Waals surface area contributed by atoms with Crippen molar-refractivity contribution in [1.82, 2.24) is 0 Å². The van der Waals surface area contributed by atoms with E-state index in [4.69, 9.17) is 20.4 Å². The van der Waals surface area contributed by atoms with E-state index in [0.717, 1.165) is 12.8 Å². The maximum absolute atomic E-state index is 6.71. The second-order valence-corrected chi connectivity index (χ2v) is 6.06. The largest absolute Gasteiger partial charge is 0.545 e. The number of hydrogen-bond acceptors (Lipinski definition) is 3. The van der Waals surface area contributed by atoms with Gasteiger partial charge in [0, 0.05) is 37.8 Å². The summed E-state index contributed by atoms with van der Waals surface area (Å²) >= 11 is 0. The number of nitrogens with zero attached hydrogens (tertiary/aromatic N) is 1. The van der Waals surface area contributed by atoms with Gasteiger partial charge in [0.15, 0.2) is 8.38 Å². The molecule has 19 heavy (non-hydrogen) atoms. The van der Waals surface area contributed by atoms with Crippen LogP contribution in [0.5, 0.6) is 0 Å². The van der Waals surface area contributed by atoms with Crippen molar-refractivity contribution in [3.63, 3.8) is 0 Å². The number of fused-ring (bicyclic) bond motifs is 2. The molecule has 0 N–H and O–H groups in total. The van der Waals surface area contributed by atoms with Crippen LogP contribution in [0.4, 0.5) is 0 Å². The molecule has 0 amide bonds. The number of rotatable bonds is 6. The van der Waals surface area contributed by atoms with Crippen LogP contribution in [-0.2, 0) is 13.8 Å². The monoisotopic (exact) mass is 506 g/mol. The molecular weight excluding hydrogens is 487 g/mol. The molecular formula is C13H19NO3PU-. The van der Waals surface area contributed by atoms with Crippen molar-refractivity contribution < 1.29 is 44.9 Å². The quantitative estimate of drug-likeness (QED) is 0.240. The van der Waals surface area contributed by atoms with E-state index in [1.165, 1.54) is 5.57 Å². The zero-order chi connectivity index (χ0) is 13.2. The summed E-state index contributed by atoms with van der Waals surface area (Å²) in [5, 5.41) is 0. The second kappa shape index (κ2) is 7.56. The van der Waals surface area contributed by atoms with Crippen LogP contribution in [0.1, 0.15) is 19.8 Å². The van der Waals surface area contributed by atoms with Gasteiger partial charge < -0.3 is 18.6 Å². The molecule has 1 aliphatic heterocycles. The van der Waals surface area contributed by atoms with E-state index in [1.807, 2.05) is 13.3 Å². The Labute approximate surface area is 140 Å². The second-order valence-electron chi connectivity index (χ2n) is 4.71. The molecule has 2 bridgehead atoms. The van der Waals surface area contributed by atoms with Gasteiger partial charge in [0.05, 0.1) is 11.7 Å². The summed E-state index contributed by atoms with van der Waals surface area (Å²) in [6.45, 7) is 17.5.